The summed E-state index contributed by atoms with van der Waals surface area (Å²) in [6, 6.07) is 6.19. The first kappa shape index (κ1) is 19.9. The molecule has 0 saturated carbocycles. The van der Waals surface area contributed by atoms with E-state index < -0.39 is 24.2 Å². The van der Waals surface area contributed by atoms with Crippen LogP contribution in [0.25, 0.3) is 0 Å². The van der Waals surface area contributed by atoms with Gasteiger partial charge in [0, 0.05) is 13.0 Å². The van der Waals surface area contributed by atoms with Gasteiger partial charge in [0.1, 0.15) is 18.0 Å². The van der Waals surface area contributed by atoms with Crippen LogP contribution in [-0.4, -0.2) is 48.1 Å². The monoisotopic (exact) mass is 382 g/mol. The molecule has 3 rings (SSSR count). The van der Waals surface area contributed by atoms with Crippen molar-refractivity contribution in [3.05, 3.63) is 29.3 Å². The van der Waals surface area contributed by atoms with Crippen LogP contribution in [0.2, 0.25) is 0 Å². The van der Waals surface area contributed by atoms with Gasteiger partial charge in [-0.3, -0.25) is 9.59 Å². The molecule has 2 aliphatic heterocycles. The van der Waals surface area contributed by atoms with Crippen molar-refractivity contribution in [3.63, 3.8) is 0 Å². The van der Waals surface area contributed by atoms with Gasteiger partial charge in [-0.25, -0.2) is 4.39 Å². The number of nitrogens with zero attached hydrogens (tertiary/aromatic N) is 2. The molecule has 9 heteroatoms. The molecular weight excluding hydrogens is 363 g/mol. The lowest BCUT2D eigenvalue weighted by atomic mass is 9.94. The van der Waals surface area contributed by atoms with Crippen LogP contribution >= 0.6 is 12.4 Å². The molecule has 1 aromatic rings. The Labute approximate surface area is 156 Å². The summed E-state index contributed by atoms with van der Waals surface area (Å²) in [5, 5.41) is 12.2. The lowest BCUT2D eigenvalue weighted by Gasteiger charge is -2.30. The Kier molecular flexibility index (Phi) is 6.40. The van der Waals surface area contributed by atoms with E-state index in [0.717, 1.165) is 11.1 Å². The van der Waals surface area contributed by atoms with Gasteiger partial charge in [0.15, 0.2) is 6.61 Å². The summed E-state index contributed by atoms with van der Waals surface area (Å²) >= 11 is 0. The van der Waals surface area contributed by atoms with Crippen molar-refractivity contribution in [2.24, 2.45) is 5.73 Å². The van der Waals surface area contributed by atoms with Gasteiger partial charge in [0.05, 0.1) is 18.7 Å². The predicted molar refractivity (Wildman–Crippen MR) is 93.3 cm³/mol. The molecular formula is C17H20ClFN4O3. The highest BCUT2D eigenvalue weighted by atomic mass is 35.5. The standard InChI is InChI=1S/C17H19FN4O3.ClH/c18-12-5-13(6-19)22(8-12)17(24)15-4-10-1-2-14(25-9-16(20)23)3-11(10)7-21-15;/h1-3,12-13,15,21H,4-5,7-9H2,(H2,20,23);1H/t12-,13-,15-;/m0./s1. The number of nitrogens with two attached hydrogens (primary N) is 1. The van der Waals surface area contributed by atoms with E-state index in [-0.39, 0.29) is 37.9 Å². The third-order valence-corrected chi connectivity index (χ3v) is 4.50. The molecule has 7 nitrogen and oxygen atoms in total. The van der Waals surface area contributed by atoms with Crippen LogP contribution in [0.4, 0.5) is 4.39 Å². The highest BCUT2D eigenvalue weighted by Gasteiger charge is 2.39. The van der Waals surface area contributed by atoms with Crippen LogP contribution in [0.3, 0.4) is 0 Å². The molecule has 140 valence electrons. The molecule has 0 radical (unpaired) electrons. The van der Waals surface area contributed by atoms with Crippen LogP contribution in [0.5, 0.6) is 5.75 Å². The van der Waals surface area contributed by atoms with Gasteiger partial charge in [-0.2, -0.15) is 5.26 Å². The summed E-state index contributed by atoms with van der Waals surface area (Å²) in [6.45, 7) is 0.230. The molecule has 0 aliphatic carbocycles. The topological polar surface area (TPSA) is 108 Å². The number of benzene rings is 1. The predicted octanol–water partition coefficient (Wildman–Crippen LogP) is 0.449. The molecule has 3 N–H and O–H groups in total. The van der Waals surface area contributed by atoms with Crippen molar-refractivity contribution in [3.8, 4) is 11.8 Å². The number of carbonyl (C=O) groups is 2. The van der Waals surface area contributed by atoms with Gasteiger partial charge in [-0.05, 0) is 29.7 Å². The number of halogens is 2. The molecule has 3 atom stereocenters. The number of hydrogen-bond donors (Lipinski definition) is 2. The Hall–Kier alpha value is -2.37. The molecule has 0 aromatic heterocycles. The fourth-order valence-electron chi connectivity index (χ4n) is 3.26. The number of rotatable bonds is 4. The Morgan fingerprint density at radius 3 is 2.88 bits per heavy atom. The number of hydrogen-bond acceptors (Lipinski definition) is 5. The SMILES string of the molecule is Cl.N#C[C@@H]1C[C@H](F)CN1C(=O)[C@@H]1Cc2ccc(OCC(N)=O)cc2CN1. The van der Waals surface area contributed by atoms with Gasteiger partial charge in [0.2, 0.25) is 5.91 Å². The Bertz CT molecular complexity index is 739. The maximum Gasteiger partial charge on any atom is 0.255 e. The van der Waals surface area contributed by atoms with Crippen molar-refractivity contribution in [1.29, 1.82) is 5.26 Å². The normalized spacial score (nSPS) is 24.2. The number of nitriles is 1. The summed E-state index contributed by atoms with van der Waals surface area (Å²) in [6.07, 6.45) is -0.614. The lowest BCUT2D eigenvalue weighted by molar-refractivity contribution is -0.133. The summed E-state index contributed by atoms with van der Waals surface area (Å²) in [5.41, 5.74) is 7.00. The minimum atomic E-state index is -1.14. The number of primary amides is 1. The van der Waals surface area contributed by atoms with Crippen LogP contribution in [-0.2, 0) is 22.6 Å². The minimum Gasteiger partial charge on any atom is -0.484 e. The third kappa shape index (κ3) is 4.23. The average Bonchev–Trinajstić information content (AvgIpc) is 2.99. The summed E-state index contributed by atoms with van der Waals surface area (Å²) < 4.78 is 18.8. The van der Waals surface area contributed by atoms with Crippen molar-refractivity contribution < 1.29 is 18.7 Å². The van der Waals surface area contributed by atoms with Crippen molar-refractivity contribution >= 4 is 24.2 Å². The van der Waals surface area contributed by atoms with Gasteiger partial charge in [-0.1, -0.05) is 6.07 Å². The van der Waals surface area contributed by atoms with Crippen molar-refractivity contribution in [2.75, 3.05) is 13.2 Å². The number of fused-ring (bicyclic) bond motifs is 1. The van der Waals surface area contributed by atoms with Crippen molar-refractivity contribution in [1.82, 2.24) is 10.2 Å². The Balaban J connectivity index is 0.00000243. The van der Waals surface area contributed by atoms with E-state index in [0.29, 0.717) is 18.7 Å². The highest BCUT2D eigenvalue weighted by Crippen LogP contribution is 2.26. The van der Waals surface area contributed by atoms with Crippen LogP contribution in [0.15, 0.2) is 18.2 Å². The van der Waals surface area contributed by atoms with E-state index in [1.54, 1.807) is 12.1 Å². The van der Waals surface area contributed by atoms with Gasteiger partial charge in [0.25, 0.3) is 5.91 Å². The molecule has 2 heterocycles. The van der Waals surface area contributed by atoms with Crippen LogP contribution < -0.4 is 15.8 Å². The molecule has 1 saturated heterocycles. The van der Waals surface area contributed by atoms with Crippen LogP contribution in [0, 0.1) is 11.3 Å². The highest BCUT2D eigenvalue weighted by molar-refractivity contribution is 5.85. The number of carbonyl (C=O) groups excluding carboxylic acids is 2. The fraction of sp³-hybridized carbons (Fsp3) is 0.471. The summed E-state index contributed by atoms with van der Waals surface area (Å²) in [4.78, 5) is 24.7. The fourth-order valence-corrected chi connectivity index (χ4v) is 3.26. The second-order valence-corrected chi connectivity index (χ2v) is 6.29. The van der Waals surface area contributed by atoms with Crippen molar-refractivity contribution in [2.45, 2.75) is 37.6 Å². The van der Waals surface area contributed by atoms with E-state index in [9.17, 15) is 14.0 Å². The zero-order valence-electron chi connectivity index (χ0n) is 14.0. The first-order chi connectivity index (χ1) is 12.0. The lowest BCUT2D eigenvalue weighted by Crippen LogP contribution is -2.50. The smallest absolute Gasteiger partial charge is 0.255 e. The second kappa shape index (κ2) is 8.34. The first-order valence-electron chi connectivity index (χ1n) is 8.08. The molecule has 0 spiro atoms. The summed E-state index contributed by atoms with van der Waals surface area (Å²) in [7, 11) is 0. The van der Waals surface area contributed by atoms with E-state index in [1.165, 1.54) is 4.90 Å². The summed E-state index contributed by atoms with van der Waals surface area (Å²) in [5.74, 6) is -0.259. The maximum atomic E-state index is 13.5. The molecule has 0 bridgehead atoms. The molecule has 2 amide bonds. The van der Waals surface area contributed by atoms with Crippen LogP contribution in [0.1, 0.15) is 17.5 Å². The van der Waals surface area contributed by atoms with Gasteiger partial charge >= 0.3 is 0 Å². The quantitative estimate of drug-likeness (QED) is 0.786. The molecule has 1 fully saturated rings. The molecule has 2 aliphatic rings. The number of alkyl halides is 1. The maximum absolute atomic E-state index is 13.5. The van der Waals surface area contributed by atoms with E-state index >= 15 is 0 Å². The Morgan fingerprint density at radius 1 is 1.42 bits per heavy atom. The van der Waals surface area contributed by atoms with E-state index in [4.69, 9.17) is 15.7 Å². The molecule has 0 unspecified atom stereocenters. The van der Waals surface area contributed by atoms with Gasteiger partial charge in [-0.15, -0.1) is 12.4 Å². The largest absolute Gasteiger partial charge is 0.484 e. The number of amides is 2. The zero-order valence-corrected chi connectivity index (χ0v) is 14.8. The number of likely N-dealkylation sites (tertiary alicyclic amines) is 1. The average molecular weight is 383 g/mol. The molecule has 1 aromatic carbocycles. The zero-order chi connectivity index (χ0) is 18.0. The number of ether oxygens (including phenoxy) is 1. The first-order valence-corrected chi connectivity index (χ1v) is 8.08. The van der Waals surface area contributed by atoms with Gasteiger partial charge < -0.3 is 20.7 Å². The van der Waals surface area contributed by atoms with E-state index in [1.807, 2.05) is 12.1 Å². The minimum absolute atomic E-state index is 0. The number of nitrogens with one attached hydrogen (secondary N) is 1. The van der Waals surface area contributed by atoms with E-state index in [2.05, 4.69) is 5.32 Å². The third-order valence-electron chi connectivity index (χ3n) is 4.50. The molecule has 26 heavy (non-hydrogen) atoms. The second-order valence-electron chi connectivity index (χ2n) is 6.29. The Morgan fingerprint density at radius 2 is 2.19 bits per heavy atom.